The van der Waals surface area contributed by atoms with E-state index in [0.717, 1.165) is 16.9 Å². The first-order valence-corrected chi connectivity index (χ1v) is 5.75. The summed E-state index contributed by atoms with van der Waals surface area (Å²) in [6.07, 6.45) is -0.0601. The van der Waals surface area contributed by atoms with E-state index in [2.05, 4.69) is 0 Å². The Kier molecular flexibility index (Phi) is 3.50. The highest BCUT2D eigenvalue weighted by atomic mass is 16.5. The number of ether oxygens (including phenoxy) is 1. The average molecular weight is 249 g/mol. The van der Waals surface area contributed by atoms with Crippen molar-refractivity contribution >= 4 is 11.9 Å². The third kappa shape index (κ3) is 2.61. The second kappa shape index (κ2) is 5.08. The maximum absolute atomic E-state index is 11.8. The lowest BCUT2D eigenvalue weighted by Gasteiger charge is -2.14. The van der Waals surface area contributed by atoms with Crippen molar-refractivity contribution in [3.8, 4) is 5.75 Å². The zero-order valence-electron chi connectivity index (χ0n) is 10.2. The molecule has 0 fully saturated rings. The van der Waals surface area contributed by atoms with E-state index in [4.69, 9.17) is 9.84 Å². The van der Waals surface area contributed by atoms with Crippen LogP contribution in [0.15, 0.2) is 18.2 Å². The predicted octanol–water partition coefficient (Wildman–Crippen LogP) is 1.40. The molecule has 0 atom stereocenters. The first-order valence-electron chi connectivity index (χ1n) is 5.75. The number of hydrogen-bond donors (Lipinski definition) is 1. The predicted molar refractivity (Wildman–Crippen MR) is 64.1 cm³/mol. The number of aliphatic carboxylic acids is 1. The summed E-state index contributed by atoms with van der Waals surface area (Å²) in [7, 11) is 1.60. The Balaban J connectivity index is 2.00. The number of carbonyl (C=O) groups excluding carboxylic acids is 1. The van der Waals surface area contributed by atoms with Gasteiger partial charge in [-0.25, -0.2) is 0 Å². The summed E-state index contributed by atoms with van der Waals surface area (Å²) in [6, 6.07) is 5.72. The number of fused-ring (bicyclic) bond motifs is 1. The van der Waals surface area contributed by atoms with Gasteiger partial charge in [0.05, 0.1) is 13.5 Å². The van der Waals surface area contributed by atoms with Crippen LogP contribution in [-0.4, -0.2) is 29.0 Å². The van der Waals surface area contributed by atoms with E-state index < -0.39 is 5.97 Å². The lowest BCUT2D eigenvalue weighted by Crippen LogP contribution is -2.25. The fourth-order valence-corrected chi connectivity index (χ4v) is 2.05. The molecule has 1 amide bonds. The summed E-state index contributed by atoms with van der Waals surface area (Å²) in [5.74, 6) is -0.289. The van der Waals surface area contributed by atoms with E-state index >= 15 is 0 Å². The van der Waals surface area contributed by atoms with Crippen molar-refractivity contribution in [2.75, 3.05) is 7.11 Å². The fraction of sp³-hybridized carbons (Fsp3) is 0.385. The molecule has 18 heavy (non-hydrogen) atoms. The number of nitrogens with zero attached hydrogens (tertiary/aromatic N) is 1. The third-order valence-corrected chi connectivity index (χ3v) is 3.04. The molecule has 0 saturated carbocycles. The average Bonchev–Trinajstić information content (AvgIpc) is 2.78. The molecule has 1 aliphatic heterocycles. The molecule has 5 nitrogen and oxygen atoms in total. The van der Waals surface area contributed by atoms with Crippen LogP contribution in [0.4, 0.5) is 0 Å². The Morgan fingerprint density at radius 1 is 1.28 bits per heavy atom. The van der Waals surface area contributed by atoms with E-state index in [1.807, 2.05) is 18.2 Å². The minimum atomic E-state index is -0.943. The van der Waals surface area contributed by atoms with Gasteiger partial charge in [-0.1, -0.05) is 6.07 Å². The zero-order valence-corrected chi connectivity index (χ0v) is 10.2. The van der Waals surface area contributed by atoms with Crippen LogP contribution in [0, 0.1) is 0 Å². The topological polar surface area (TPSA) is 66.8 Å². The maximum Gasteiger partial charge on any atom is 0.303 e. The van der Waals surface area contributed by atoms with Crippen molar-refractivity contribution in [1.82, 2.24) is 4.90 Å². The molecule has 1 aromatic carbocycles. The van der Waals surface area contributed by atoms with Gasteiger partial charge < -0.3 is 14.7 Å². The van der Waals surface area contributed by atoms with Gasteiger partial charge in [-0.3, -0.25) is 9.59 Å². The van der Waals surface area contributed by atoms with Crippen LogP contribution >= 0.6 is 0 Å². The number of amides is 1. The van der Waals surface area contributed by atoms with Gasteiger partial charge in [0.1, 0.15) is 5.75 Å². The fourth-order valence-electron chi connectivity index (χ4n) is 2.05. The molecule has 1 heterocycles. The van der Waals surface area contributed by atoms with Crippen LogP contribution in [0.3, 0.4) is 0 Å². The lowest BCUT2D eigenvalue weighted by atomic mass is 10.1. The van der Waals surface area contributed by atoms with Crippen molar-refractivity contribution in [3.05, 3.63) is 29.3 Å². The Morgan fingerprint density at radius 2 is 2.00 bits per heavy atom. The molecule has 96 valence electrons. The van der Waals surface area contributed by atoms with E-state index in [9.17, 15) is 9.59 Å². The molecule has 0 saturated heterocycles. The van der Waals surface area contributed by atoms with Crippen molar-refractivity contribution in [2.45, 2.75) is 25.9 Å². The monoisotopic (exact) mass is 249 g/mol. The van der Waals surface area contributed by atoms with Crippen LogP contribution in [0.5, 0.6) is 5.75 Å². The smallest absolute Gasteiger partial charge is 0.303 e. The number of carbonyl (C=O) groups is 2. The molecule has 1 aliphatic rings. The molecule has 1 aromatic rings. The molecule has 0 spiro atoms. The first kappa shape index (κ1) is 12.4. The Morgan fingerprint density at radius 3 is 2.67 bits per heavy atom. The summed E-state index contributed by atoms with van der Waals surface area (Å²) in [5, 5.41) is 8.56. The van der Waals surface area contributed by atoms with E-state index in [1.165, 1.54) is 0 Å². The third-order valence-electron chi connectivity index (χ3n) is 3.04. The molecule has 0 bridgehead atoms. The maximum atomic E-state index is 11.8. The summed E-state index contributed by atoms with van der Waals surface area (Å²) >= 11 is 0. The van der Waals surface area contributed by atoms with Gasteiger partial charge in [-0.05, 0) is 23.3 Å². The summed E-state index contributed by atoms with van der Waals surface area (Å²) in [4.78, 5) is 23.9. The molecule has 0 radical (unpaired) electrons. The molecule has 2 rings (SSSR count). The van der Waals surface area contributed by atoms with Crippen molar-refractivity contribution in [3.63, 3.8) is 0 Å². The summed E-state index contributed by atoms with van der Waals surface area (Å²) in [5.41, 5.74) is 2.16. The molecule has 1 N–H and O–H groups in total. The largest absolute Gasteiger partial charge is 0.497 e. The van der Waals surface area contributed by atoms with Gasteiger partial charge in [-0.2, -0.15) is 0 Å². The second-order valence-electron chi connectivity index (χ2n) is 4.28. The number of carboxylic acids is 1. The molecular formula is C13H15NO4. The highest BCUT2D eigenvalue weighted by Gasteiger charge is 2.23. The molecule has 0 unspecified atom stereocenters. The van der Waals surface area contributed by atoms with Gasteiger partial charge in [0.2, 0.25) is 5.91 Å². The van der Waals surface area contributed by atoms with Crippen LogP contribution in [-0.2, 0) is 22.7 Å². The second-order valence-corrected chi connectivity index (χ2v) is 4.28. The highest BCUT2D eigenvalue weighted by molar-refractivity contribution is 5.81. The Bertz CT molecular complexity index is 484. The summed E-state index contributed by atoms with van der Waals surface area (Å²) in [6.45, 7) is 1.09. The van der Waals surface area contributed by atoms with Gasteiger partial charge in [0, 0.05) is 19.5 Å². The van der Waals surface area contributed by atoms with Gasteiger partial charge in [0.15, 0.2) is 0 Å². The minimum absolute atomic E-state index is 0.0560. The van der Waals surface area contributed by atoms with E-state index in [-0.39, 0.29) is 18.7 Å². The van der Waals surface area contributed by atoms with Crippen LogP contribution in [0.2, 0.25) is 0 Å². The minimum Gasteiger partial charge on any atom is -0.497 e. The number of rotatable bonds is 4. The summed E-state index contributed by atoms with van der Waals surface area (Å²) < 4.78 is 5.13. The molecular weight excluding hydrogens is 234 g/mol. The van der Waals surface area contributed by atoms with E-state index in [1.54, 1.807) is 12.0 Å². The van der Waals surface area contributed by atoms with Crippen molar-refractivity contribution in [1.29, 1.82) is 0 Å². The quantitative estimate of drug-likeness (QED) is 0.876. The van der Waals surface area contributed by atoms with Gasteiger partial charge >= 0.3 is 5.97 Å². The van der Waals surface area contributed by atoms with Gasteiger partial charge in [0.25, 0.3) is 0 Å². The SMILES string of the molecule is COc1ccc2c(c1)CN(C(=O)CCC(=O)O)C2. The van der Waals surface area contributed by atoms with E-state index in [0.29, 0.717) is 13.1 Å². The Labute approximate surface area is 105 Å². The molecule has 0 aromatic heterocycles. The zero-order chi connectivity index (χ0) is 13.1. The van der Waals surface area contributed by atoms with Gasteiger partial charge in [-0.15, -0.1) is 0 Å². The normalized spacial score (nSPS) is 13.3. The number of methoxy groups -OCH3 is 1. The number of benzene rings is 1. The van der Waals surface area contributed by atoms with Crippen molar-refractivity contribution < 1.29 is 19.4 Å². The highest BCUT2D eigenvalue weighted by Crippen LogP contribution is 2.27. The van der Waals surface area contributed by atoms with Crippen LogP contribution < -0.4 is 4.74 Å². The molecule has 0 aliphatic carbocycles. The number of hydrogen-bond acceptors (Lipinski definition) is 3. The Hall–Kier alpha value is -2.04. The number of carboxylic acid groups (broad SMARTS) is 1. The lowest BCUT2D eigenvalue weighted by molar-refractivity contribution is -0.141. The molecule has 5 heteroatoms. The van der Waals surface area contributed by atoms with Crippen LogP contribution in [0.25, 0.3) is 0 Å². The standard InChI is InChI=1S/C13H15NO4/c1-18-11-3-2-9-7-14(8-10(9)6-11)12(15)4-5-13(16)17/h2-3,6H,4-5,7-8H2,1H3,(H,16,17). The van der Waals surface area contributed by atoms with Crippen molar-refractivity contribution in [2.24, 2.45) is 0 Å². The first-order chi connectivity index (χ1) is 8.60. The van der Waals surface area contributed by atoms with Crippen LogP contribution in [0.1, 0.15) is 24.0 Å².